The molecule has 2 rings (SSSR count). The second-order valence-electron chi connectivity index (χ2n) is 5.03. The molecule has 7 nitrogen and oxygen atoms in total. The summed E-state index contributed by atoms with van der Waals surface area (Å²) in [5.74, 6) is 1.62. The first-order valence-electron chi connectivity index (χ1n) is 7.24. The molecule has 0 radical (unpaired) electrons. The van der Waals surface area contributed by atoms with E-state index in [0.29, 0.717) is 39.2 Å². The van der Waals surface area contributed by atoms with Gasteiger partial charge in [-0.25, -0.2) is 0 Å². The third-order valence-corrected chi connectivity index (χ3v) is 3.62. The van der Waals surface area contributed by atoms with E-state index in [1.54, 1.807) is 16.9 Å². The number of guanidine groups is 1. The lowest BCUT2D eigenvalue weighted by atomic mass is 10.3. The number of amides is 1. The van der Waals surface area contributed by atoms with Crippen LogP contribution in [0.25, 0.3) is 0 Å². The summed E-state index contributed by atoms with van der Waals surface area (Å²) >= 11 is 0. The zero-order valence-corrected chi connectivity index (χ0v) is 12.7. The van der Waals surface area contributed by atoms with Crippen LogP contribution >= 0.6 is 0 Å². The normalized spacial score (nSPS) is 14.6. The lowest BCUT2D eigenvalue weighted by Crippen LogP contribution is -2.52. The van der Waals surface area contributed by atoms with Gasteiger partial charge in [0.15, 0.2) is 5.96 Å². The highest BCUT2D eigenvalue weighted by atomic mass is 16.5. The summed E-state index contributed by atoms with van der Waals surface area (Å²) in [7, 11) is 1.61. The van der Waals surface area contributed by atoms with Crippen molar-refractivity contribution >= 4 is 11.9 Å². The van der Waals surface area contributed by atoms with Gasteiger partial charge in [0.25, 0.3) is 0 Å². The zero-order valence-electron chi connectivity index (χ0n) is 12.7. The maximum absolute atomic E-state index is 12.1. The van der Waals surface area contributed by atoms with Gasteiger partial charge in [-0.3, -0.25) is 10.2 Å². The number of nitrogens with two attached hydrogens (primary N) is 1. The van der Waals surface area contributed by atoms with Gasteiger partial charge in [-0.1, -0.05) is 0 Å². The van der Waals surface area contributed by atoms with Gasteiger partial charge in [0, 0.05) is 26.2 Å². The van der Waals surface area contributed by atoms with Crippen molar-refractivity contribution in [1.82, 2.24) is 9.80 Å². The Bertz CT molecular complexity index is 510. The molecule has 1 aromatic rings. The Hall–Kier alpha value is -2.44. The Kier molecular flexibility index (Phi) is 5.46. The van der Waals surface area contributed by atoms with Crippen LogP contribution in [0.5, 0.6) is 11.5 Å². The summed E-state index contributed by atoms with van der Waals surface area (Å²) in [6, 6.07) is 7.26. The molecule has 3 N–H and O–H groups in total. The monoisotopic (exact) mass is 306 g/mol. The van der Waals surface area contributed by atoms with Gasteiger partial charge in [-0.05, 0) is 24.3 Å². The van der Waals surface area contributed by atoms with Gasteiger partial charge in [0.05, 0.1) is 20.1 Å². The van der Waals surface area contributed by atoms with E-state index < -0.39 is 0 Å². The fourth-order valence-corrected chi connectivity index (χ4v) is 2.28. The molecule has 0 aromatic heterocycles. The van der Waals surface area contributed by atoms with Crippen molar-refractivity contribution in [3.8, 4) is 11.5 Å². The third kappa shape index (κ3) is 4.28. The predicted octanol–water partition coefficient (Wildman–Crippen LogP) is 0.502. The number of nitrogens with zero attached hydrogens (tertiary/aromatic N) is 2. The van der Waals surface area contributed by atoms with E-state index in [2.05, 4.69) is 0 Å². The van der Waals surface area contributed by atoms with Crippen LogP contribution < -0.4 is 15.2 Å². The first-order valence-corrected chi connectivity index (χ1v) is 7.24. The van der Waals surface area contributed by atoms with Gasteiger partial charge >= 0.3 is 0 Å². The van der Waals surface area contributed by atoms with Crippen LogP contribution in [0.3, 0.4) is 0 Å². The maximum atomic E-state index is 12.1. The molecule has 0 saturated carbocycles. The molecule has 0 bridgehead atoms. The van der Waals surface area contributed by atoms with Gasteiger partial charge in [0.1, 0.15) is 11.5 Å². The number of methoxy groups -OCH3 is 1. The minimum Gasteiger partial charge on any atom is -0.497 e. The van der Waals surface area contributed by atoms with Crippen LogP contribution in [0.2, 0.25) is 0 Å². The van der Waals surface area contributed by atoms with Crippen LogP contribution in [0.1, 0.15) is 6.42 Å². The molecule has 22 heavy (non-hydrogen) atoms. The van der Waals surface area contributed by atoms with E-state index in [9.17, 15) is 4.79 Å². The highest BCUT2D eigenvalue weighted by Crippen LogP contribution is 2.17. The van der Waals surface area contributed by atoms with E-state index in [0.717, 1.165) is 11.5 Å². The molecule has 1 amide bonds. The standard InChI is InChI=1S/C15H22N4O3/c1-21-12-2-4-13(5-3-12)22-11-6-14(20)18-7-9-19(10-8-18)15(16)17/h2-5H,6-11H2,1H3,(H3,16,17). The van der Waals surface area contributed by atoms with Crippen molar-refractivity contribution < 1.29 is 14.3 Å². The molecule has 1 heterocycles. The number of ether oxygens (including phenoxy) is 2. The molecular weight excluding hydrogens is 284 g/mol. The average molecular weight is 306 g/mol. The molecule has 0 aliphatic carbocycles. The van der Waals surface area contributed by atoms with E-state index in [-0.39, 0.29) is 11.9 Å². The highest BCUT2D eigenvalue weighted by Gasteiger charge is 2.21. The molecule has 1 aromatic carbocycles. The first kappa shape index (κ1) is 15.9. The molecular formula is C15H22N4O3. The quantitative estimate of drug-likeness (QED) is 0.610. The Labute approximate surface area is 130 Å². The Morgan fingerprint density at radius 3 is 2.23 bits per heavy atom. The number of nitrogens with one attached hydrogen (secondary N) is 1. The molecule has 7 heteroatoms. The Morgan fingerprint density at radius 1 is 1.14 bits per heavy atom. The molecule has 1 saturated heterocycles. The maximum Gasteiger partial charge on any atom is 0.226 e. The van der Waals surface area contributed by atoms with Crippen molar-refractivity contribution in [2.24, 2.45) is 5.73 Å². The number of hydrogen-bond donors (Lipinski definition) is 2. The van der Waals surface area contributed by atoms with Gasteiger partial charge < -0.3 is 25.0 Å². The fourth-order valence-electron chi connectivity index (χ4n) is 2.28. The van der Waals surface area contributed by atoms with E-state index in [1.807, 2.05) is 24.3 Å². The highest BCUT2D eigenvalue weighted by molar-refractivity contribution is 5.78. The minimum atomic E-state index is 0.0648. The number of carbonyl (C=O) groups excluding carboxylic acids is 1. The first-order chi connectivity index (χ1) is 10.6. The number of benzene rings is 1. The summed E-state index contributed by atoms with van der Waals surface area (Å²) in [5, 5.41) is 7.37. The topological polar surface area (TPSA) is 91.9 Å². The van der Waals surface area contributed by atoms with E-state index in [4.69, 9.17) is 20.6 Å². The summed E-state index contributed by atoms with van der Waals surface area (Å²) in [6.07, 6.45) is 0.339. The number of rotatable bonds is 5. The molecule has 1 fully saturated rings. The minimum absolute atomic E-state index is 0.0648. The second-order valence-corrected chi connectivity index (χ2v) is 5.03. The van der Waals surface area contributed by atoms with Gasteiger partial charge in [-0.2, -0.15) is 0 Å². The van der Waals surface area contributed by atoms with Crippen LogP contribution in [0.15, 0.2) is 24.3 Å². The van der Waals surface area contributed by atoms with Crippen molar-refractivity contribution in [3.05, 3.63) is 24.3 Å². The third-order valence-electron chi connectivity index (χ3n) is 3.62. The van der Waals surface area contributed by atoms with Gasteiger partial charge in [0.2, 0.25) is 5.91 Å². The van der Waals surface area contributed by atoms with Crippen molar-refractivity contribution in [2.45, 2.75) is 6.42 Å². The van der Waals surface area contributed by atoms with Crippen LogP contribution in [0.4, 0.5) is 0 Å². The Balaban J connectivity index is 1.70. The summed E-state index contributed by atoms with van der Waals surface area (Å²) in [4.78, 5) is 15.6. The van der Waals surface area contributed by atoms with Crippen molar-refractivity contribution in [1.29, 1.82) is 5.41 Å². The molecule has 120 valence electrons. The molecule has 1 aliphatic rings. The van der Waals surface area contributed by atoms with E-state index >= 15 is 0 Å². The molecule has 1 aliphatic heterocycles. The largest absolute Gasteiger partial charge is 0.497 e. The van der Waals surface area contributed by atoms with Crippen LogP contribution in [0, 0.1) is 5.41 Å². The predicted molar refractivity (Wildman–Crippen MR) is 83.2 cm³/mol. The molecule has 0 atom stereocenters. The fraction of sp³-hybridized carbons (Fsp3) is 0.467. The van der Waals surface area contributed by atoms with Crippen molar-refractivity contribution in [2.75, 3.05) is 39.9 Å². The molecule has 0 unspecified atom stereocenters. The summed E-state index contributed by atoms with van der Waals surface area (Å²) in [5.41, 5.74) is 5.43. The van der Waals surface area contributed by atoms with E-state index in [1.165, 1.54) is 0 Å². The van der Waals surface area contributed by atoms with Crippen LogP contribution in [-0.4, -0.2) is 61.6 Å². The smallest absolute Gasteiger partial charge is 0.226 e. The number of piperazine rings is 1. The van der Waals surface area contributed by atoms with Crippen molar-refractivity contribution in [3.63, 3.8) is 0 Å². The SMILES string of the molecule is COc1ccc(OCCC(=O)N2CCN(C(=N)N)CC2)cc1. The summed E-state index contributed by atoms with van der Waals surface area (Å²) < 4.78 is 10.6. The summed E-state index contributed by atoms with van der Waals surface area (Å²) in [6.45, 7) is 2.76. The molecule has 0 spiro atoms. The van der Waals surface area contributed by atoms with Crippen LogP contribution in [-0.2, 0) is 4.79 Å². The zero-order chi connectivity index (χ0) is 15.9. The van der Waals surface area contributed by atoms with Gasteiger partial charge in [-0.15, -0.1) is 0 Å². The Morgan fingerprint density at radius 2 is 1.68 bits per heavy atom. The average Bonchev–Trinajstić information content (AvgIpc) is 2.55. The number of hydrogen-bond acceptors (Lipinski definition) is 4. The lowest BCUT2D eigenvalue weighted by molar-refractivity contribution is -0.133. The second kappa shape index (κ2) is 7.53. The number of carbonyl (C=O) groups is 1. The lowest BCUT2D eigenvalue weighted by Gasteiger charge is -2.34.